The Morgan fingerprint density at radius 2 is 2.00 bits per heavy atom. The minimum atomic E-state index is -1.00. The van der Waals surface area contributed by atoms with Crippen molar-refractivity contribution in [2.45, 2.75) is 32.7 Å². The molecule has 1 aromatic heterocycles. The van der Waals surface area contributed by atoms with Gasteiger partial charge in [0.15, 0.2) is 0 Å². The van der Waals surface area contributed by atoms with Gasteiger partial charge in [-0.25, -0.2) is 9.48 Å². The zero-order chi connectivity index (χ0) is 15.9. The molecule has 2 heterocycles. The summed E-state index contributed by atoms with van der Waals surface area (Å²) in [4.78, 5) is 15.5. The van der Waals surface area contributed by atoms with Crippen LogP contribution in [0.5, 0.6) is 0 Å². The number of nitrogens with one attached hydrogen (secondary N) is 1. The number of allylic oxidation sites excluding steroid dienone is 1. The summed E-state index contributed by atoms with van der Waals surface area (Å²) in [5, 5.41) is 16.4. The van der Waals surface area contributed by atoms with E-state index >= 15 is 0 Å². The molecule has 0 saturated carbocycles. The molecular weight excluding hydrogens is 280 g/mol. The molecule has 1 aromatic carbocycles. The van der Waals surface area contributed by atoms with E-state index in [4.69, 9.17) is 0 Å². The van der Waals surface area contributed by atoms with Crippen molar-refractivity contribution in [3.8, 4) is 0 Å². The summed E-state index contributed by atoms with van der Waals surface area (Å²) in [7, 11) is 0. The lowest BCUT2D eigenvalue weighted by Crippen LogP contribution is -2.24. The van der Waals surface area contributed by atoms with Crippen LogP contribution in [-0.4, -0.2) is 25.8 Å². The highest BCUT2D eigenvalue weighted by Gasteiger charge is 2.26. The summed E-state index contributed by atoms with van der Waals surface area (Å²) in [6, 6.07) is 7.90. The van der Waals surface area contributed by atoms with E-state index in [1.165, 1.54) is 5.56 Å². The maximum atomic E-state index is 11.3. The smallest absolute Gasteiger partial charge is 0.352 e. The topological polar surface area (TPSA) is 80.0 Å². The predicted octanol–water partition coefficient (Wildman–Crippen LogP) is 2.69. The lowest BCUT2D eigenvalue weighted by Gasteiger charge is -2.22. The number of carbonyl (C=O) groups is 1. The molecule has 0 amide bonds. The van der Waals surface area contributed by atoms with Gasteiger partial charge in [0.25, 0.3) is 0 Å². The van der Waals surface area contributed by atoms with Crippen molar-refractivity contribution in [3.05, 3.63) is 53.0 Å². The highest BCUT2D eigenvalue weighted by molar-refractivity contribution is 5.90. The number of carboxylic acids is 1. The normalized spacial score (nSPS) is 16.9. The lowest BCUT2D eigenvalue weighted by molar-refractivity contribution is -0.132. The van der Waals surface area contributed by atoms with Crippen LogP contribution < -0.4 is 5.32 Å². The Kier molecular flexibility index (Phi) is 3.44. The number of benzene rings is 1. The SMILES string of the molecule is Cc1nc2n(n1)[C@@H](c1ccc(C(C)C)cc1)C=C(C(=O)O)N2. The zero-order valence-electron chi connectivity index (χ0n) is 12.7. The van der Waals surface area contributed by atoms with Crippen LogP contribution in [0.15, 0.2) is 36.0 Å². The summed E-state index contributed by atoms with van der Waals surface area (Å²) in [5.41, 5.74) is 2.35. The molecule has 0 bridgehead atoms. The second-order valence-electron chi connectivity index (χ2n) is 5.70. The van der Waals surface area contributed by atoms with E-state index in [-0.39, 0.29) is 11.7 Å². The van der Waals surface area contributed by atoms with E-state index in [1.807, 2.05) is 12.1 Å². The predicted molar refractivity (Wildman–Crippen MR) is 82.8 cm³/mol. The second kappa shape index (κ2) is 5.29. The average Bonchev–Trinajstić information content (AvgIpc) is 2.86. The molecule has 6 heteroatoms. The van der Waals surface area contributed by atoms with Crippen LogP contribution >= 0.6 is 0 Å². The largest absolute Gasteiger partial charge is 0.477 e. The summed E-state index contributed by atoms with van der Waals surface area (Å²) in [5.74, 6) is 0.508. The van der Waals surface area contributed by atoms with E-state index in [2.05, 4.69) is 41.4 Å². The number of rotatable bonds is 3. The number of hydrogen-bond donors (Lipinski definition) is 2. The van der Waals surface area contributed by atoms with Crippen LogP contribution in [0.25, 0.3) is 0 Å². The van der Waals surface area contributed by atoms with Gasteiger partial charge in [0.2, 0.25) is 5.95 Å². The van der Waals surface area contributed by atoms with E-state index in [9.17, 15) is 9.90 Å². The van der Waals surface area contributed by atoms with Gasteiger partial charge in [0, 0.05) is 0 Å². The van der Waals surface area contributed by atoms with Crippen molar-refractivity contribution in [2.75, 3.05) is 5.32 Å². The van der Waals surface area contributed by atoms with Crippen LogP contribution in [-0.2, 0) is 4.79 Å². The number of nitrogens with zero attached hydrogens (tertiary/aromatic N) is 3. The number of carboxylic acid groups (broad SMARTS) is 1. The minimum absolute atomic E-state index is 0.123. The monoisotopic (exact) mass is 298 g/mol. The van der Waals surface area contributed by atoms with Crippen molar-refractivity contribution in [2.24, 2.45) is 0 Å². The lowest BCUT2D eigenvalue weighted by atomic mass is 9.98. The Morgan fingerprint density at radius 3 is 2.59 bits per heavy atom. The quantitative estimate of drug-likeness (QED) is 0.910. The Morgan fingerprint density at radius 1 is 1.32 bits per heavy atom. The molecule has 0 aliphatic carbocycles. The zero-order valence-corrected chi connectivity index (χ0v) is 12.7. The molecule has 2 N–H and O–H groups in total. The molecule has 0 saturated heterocycles. The van der Waals surface area contributed by atoms with E-state index in [0.717, 1.165) is 5.56 Å². The van der Waals surface area contributed by atoms with Crippen molar-refractivity contribution >= 4 is 11.9 Å². The van der Waals surface area contributed by atoms with Gasteiger partial charge in [-0.05, 0) is 30.0 Å². The average molecular weight is 298 g/mol. The standard InChI is InChI=1S/C16H18N4O2/c1-9(2)11-4-6-12(7-5-11)14-8-13(15(21)22)18-16-17-10(3)19-20(14)16/h4-9,14H,1-3H3,(H,21,22)(H,17,18,19)/t14-/m1/s1. The third kappa shape index (κ3) is 2.47. The molecule has 114 valence electrons. The number of hydrogen-bond acceptors (Lipinski definition) is 4. The molecule has 1 aliphatic heterocycles. The first-order valence-electron chi connectivity index (χ1n) is 7.21. The van der Waals surface area contributed by atoms with Gasteiger partial charge in [-0.1, -0.05) is 38.1 Å². The van der Waals surface area contributed by atoms with Crippen LogP contribution in [0.3, 0.4) is 0 Å². The molecule has 0 fully saturated rings. The number of aryl methyl sites for hydroxylation is 1. The number of anilines is 1. The molecule has 1 aliphatic rings. The third-order valence-electron chi connectivity index (χ3n) is 3.75. The van der Waals surface area contributed by atoms with Gasteiger partial charge in [-0.3, -0.25) is 0 Å². The fraction of sp³-hybridized carbons (Fsp3) is 0.312. The molecule has 2 aromatic rings. The Balaban J connectivity index is 2.05. The number of aromatic nitrogens is 3. The van der Waals surface area contributed by atoms with Gasteiger partial charge in [-0.2, -0.15) is 10.1 Å². The highest BCUT2D eigenvalue weighted by atomic mass is 16.4. The van der Waals surface area contributed by atoms with E-state index in [1.54, 1.807) is 17.7 Å². The molecular formula is C16H18N4O2. The van der Waals surface area contributed by atoms with Gasteiger partial charge in [0.05, 0.1) is 0 Å². The number of fused-ring (bicyclic) bond motifs is 1. The van der Waals surface area contributed by atoms with Crippen LogP contribution in [0.4, 0.5) is 5.95 Å². The molecule has 1 atom stereocenters. The van der Waals surface area contributed by atoms with Gasteiger partial charge >= 0.3 is 5.97 Å². The Labute approximate surface area is 128 Å². The Hall–Kier alpha value is -2.63. The van der Waals surface area contributed by atoms with E-state index < -0.39 is 5.97 Å². The highest BCUT2D eigenvalue weighted by Crippen LogP contribution is 2.29. The van der Waals surface area contributed by atoms with Gasteiger partial charge < -0.3 is 10.4 Å². The van der Waals surface area contributed by atoms with E-state index in [0.29, 0.717) is 17.7 Å². The summed E-state index contributed by atoms with van der Waals surface area (Å²) >= 11 is 0. The van der Waals surface area contributed by atoms with Gasteiger partial charge in [-0.15, -0.1) is 0 Å². The fourth-order valence-electron chi connectivity index (χ4n) is 2.54. The van der Waals surface area contributed by atoms with Crippen molar-refractivity contribution in [1.29, 1.82) is 0 Å². The first kappa shape index (κ1) is 14.3. The van der Waals surface area contributed by atoms with Crippen molar-refractivity contribution in [1.82, 2.24) is 14.8 Å². The molecule has 3 rings (SSSR count). The molecule has 0 radical (unpaired) electrons. The molecule has 22 heavy (non-hydrogen) atoms. The Bertz CT molecular complexity index is 744. The van der Waals surface area contributed by atoms with Gasteiger partial charge in [0.1, 0.15) is 17.6 Å². The maximum Gasteiger partial charge on any atom is 0.352 e. The maximum absolute atomic E-state index is 11.3. The summed E-state index contributed by atoms with van der Waals surface area (Å²) in [6.45, 7) is 6.06. The third-order valence-corrected chi connectivity index (χ3v) is 3.75. The van der Waals surface area contributed by atoms with Crippen LogP contribution in [0.2, 0.25) is 0 Å². The molecule has 6 nitrogen and oxygen atoms in total. The first-order chi connectivity index (χ1) is 10.5. The van der Waals surface area contributed by atoms with Crippen LogP contribution in [0, 0.1) is 6.92 Å². The van der Waals surface area contributed by atoms with Crippen molar-refractivity contribution < 1.29 is 9.90 Å². The summed E-state index contributed by atoms with van der Waals surface area (Å²) in [6.07, 6.45) is 1.66. The van der Waals surface area contributed by atoms with Crippen molar-refractivity contribution in [3.63, 3.8) is 0 Å². The first-order valence-corrected chi connectivity index (χ1v) is 7.21. The van der Waals surface area contributed by atoms with Crippen LogP contribution in [0.1, 0.15) is 42.8 Å². The number of aliphatic carboxylic acids is 1. The fourth-order valence-corrected chi connectivity index (χ4v) is 2.54. The molecule has 0 spiro atoms. The summed E-state index contributed by atoms with van der Waals surface area (Å²) < 4.78 is 1.71. The minimum Gasteiger partial charge on any atom is -0.477 e. The molecule has 0 unspecified atom stereocenters. The second-order valence-corrected chi connectivity index (χ2v) is 5.70.